The number of esters is 1. The fourth-order valence-corrected chi connectivity index (χ4v) is 3.54. The van der Waals surface area contributed by atoms with E-state index in [2.05, 4.69) is 4.98 Å². The molecule has 6 heteroatoms. The molecule has 0 fully saturated rings. The Morgan fingerprint density at radius 3 is 2.50 bits per heavy atom. The Hall–Kier alpha value is -3.12. The van der Waals surface area contributed by atoms with Crippen molar-refractivity contribution in [3.8, 4) is 17.2 Å². The van der Waals surface area contributed by atoms with Crippen molar-refractivity contribution in [2.45, 2.75) is 66.1 Å². The predicted molar refractivity (Wildman–Crippen MR) is 132 cm³/mol. The molecule has 0 bridgehead atoms. The van der Waals surface area contributed by atoms with Gasteiger partial charge in [-0.15, -0.1) is 0 Å². The molecule has 0 atom stereocenters. The molecule has 0 aliphatic rings. The third kappa shape index (κ3) is 7.73. The van der Waals surface area contributed by atoms with Gasteiger partial charge in [0.15, 0.2) is 0 Å². The lowest BCUT2D eigenvalue weighted by molar-refractivity contribution is -0.154. The van der Waals surface area contributed by atoms with Gasteiger partial charge in [0.05, 0.1) is 18.9 Å². The van der Waals surface area contributed by atoms with Crippen molar-refractivity contribution in [3.05, 3.63) is 71.1 Å². The molecule has 182 valence electrons. The first kappa shape index (κ1) is 25.5. The summed E-state index contributed by atoms with van der Waals surface area (Å²) in [7, 11) is 0. The van der Waals surface area contributed by atoms with Crippen LogP contribution < -0.4 is 4.74 Å². The molecule has 2 aromatic carbocycles. The standard InChI is InChI=1S/C28H35NO5/c1-6-31-19-23-18-24(14-12-21(23)13-15-26(30)34-28(3,4)5)32-17-16-25-20(2)33-27(29-25)22-10-8-7-9-11-22/h7-12,14,18H,6,13,15-17,19H2,1-5H3. The highest BCUT2D eigenvalue weighted by Crippen LogP contribution is 2.24. The summed E-state index contributed by atoms with van der Waals surface area (Å²) in [6.07, 6.45) is 1.56. The lowest BCUT2D eigenvalue weighted by atomic mass is 10.0. The van der Waals surface area contributed by atoms with E-state index in [1.807, 2.05) is 83.1 Å². The summed E-state index contributed by atoms with van der Waals surface area (Å²) in [5.41, 5.74) is 3.45. The van der Waals surface area contributed by atoms with E-state index in [0.29, 0.717) is 45.0 Å². The lowest BCUT2D eigenvalue weighted by Gasteiger charge is -2.19. The van der Waals surface area contributed by atoms with Crippen molar-refractivity contribution >= 4 is 5.97 Å². The van der Waals surface area contributed by atoms with Crippen LogP contribution in [0.25, 0.3) is 11.5 Å². The summed E-state index contributed by atoms with van der Waals surface area (Å²) in [6, 6.07) is 15.8. The monoisotopic (exact) mass is 465 g/mol. The van der Waals surface area contributed by atoms with Crippen LogP contribution in [0, 0.1) is 6.92 Å². The molecule has 3 rings (SSSR count). The number of rotatable bonds is 11. The van der Waals surface area contributed by atoms with Crippen LogP contribution in [-0.4, -0.2) is 29.8 Å². The van der Waals surface area contributed by atoms with Gasteiger partial charge in [-0.1, -0.05) is 24.3 Å². The van der Waals surface area contributed by atoms with Gasteiger partial charge >= 0.3 is 5.97 Å². The summed E-state index contributed by atoms with van der Waals surface area (Å²) in [5, 5.41) is 0. The second kappa shape index (κ2) is 11.8. The first-order chi connectivity index (χ1) is 16.2. The number of hydrogen-bond acceptors (Lipinski definition) is 6. The summed E-state index contributed by atoms with van der Waals surface area (Å²) in [5.74, 6) is 1.99. The highest BCUT2D eigenvalue weighted by Gasteiger charge is 2.17. The van der Waals surface area contributed by atoms with Gasteiger partial charge in [0.25, 0.3) is 0 Å². The molecule has 0 saturated heterocycles. The Balaban J connectivity index is 1.60. The van der Waals surface area contributed by atoms with Crippen LogP contribution in [0.15, 0.2) is 52.9 Å². The lowest BCUT2D eigenvalue weighted by Crippen LogP contribution is -2.24. The third-order valence-corrected chi connectivity index (χ3v) is 5.18. The molecular weight excluding hydrogens is 430 g/mol. The van der Waals surface area contributed by atoms with Crippen molar-refractivity contribution in [2.75, 3.05) is 13.2 Å². The van der Waals surface area contributed by atoms with Crippen LogP contribution in [-0.2, 0) is 33.7 Å². The average molecular weight is 466 g/mol. The van der Waals surface area contributed by atoms with Gasteiger partial charge in [-0.25, -0.2) is 4.98 Å². The van der Waals surface area contributed by atoms with E-state index >= 15 is 0 Å². The molecule has 0 unspecified atom stereocenters. The van der Waals surface area contributed by atoms with Crippen molar-refractivity contribution in [2.24, 2.45) is 0 Å². The van der Waals surface area contributed by atoms with E-state index in [-0.39, 0.29) is 5.97 Å². The Morgan fingerprint density at radius 1 is 1.03 bits per heavy atom. The van der Waals surface area contributed by atoms with E-state index in [9.17, 15) is 4.79 Å². The molecule has 3 aromatic rings. The average Bonchev–Trinajstić information content (AvgIpc) is 3.17. The van der Waals surface area contributed by atoms with Gasteiger partial charge in [0, 0.05) is 25.0 Å². The zero-order chi connectivity index (χ0) is 24.6. The number of carbonyl (C=O) groups excluding carboxylic acids is 1. The van der Waals surface area contributed by atoms with Crippen LogP contribution in [0.5, 0.6) is 5.75 Å². The van der Waals surface area contributed by atoms with E-state index < -0.39 is 5.60 Å². The largest absolute Gasteiger partial charge is 0.493 e. The van der Waals surface area contributed by atoms with Crippen LogP contribution >= 0.6 is 0 Å². The topological polar surface area (TPSA) is 70.8 Å². The molecule has 0 amide bonds. The molecule has 6 nitrogen and oxygen atoms in total. The van der Waals surface area contributed by atoms with Crippen LogP contribution in [0.1, 0.15) is 56.7 Å². The number of ether oxygens (including phenoxy) is 3. The fourth-order valence-electron chi connectivity index (χ4n) is 3.54. The highest BCUT2D eigenvalue weighted by molar-refractivity contribution is 5.70. The number of oxazole rings is 1. The minimum absolute atomic E-state index is 0.201. The van der Waals surface area contributed by atoms with Crippen molar-refractivity contribution in [3.63, 3.8) is 0 Å². The quantitative estimate of drug-likeness (QED) is 0.320. The Bertz CT molecular complexity index is 1070. The van der Waals surface area contributed by atoms with E-state index in [4.69, 9.17) is 18.6 Å². The van der Waals surface area contributed by atoms with Crippen LogP contribution in [0.4, 0.5) is 0 Å². The molecular formula is C28H35NO5. The Kier molecular flexibility index (Phi) is 8.88. The van der Waals surface area contributed by atoms with Gasteiger partial charge in [-0.05, 0) is 76.4 Å². The number of benzene rings is 2. The van der Waals surface area contributed by atoms with Crippen molar-refractivity contribution in [1.82, 2.24) is 4.98 Å². The van der Waals surface area contributed by atoms with Gasteiger partial charge in [-0.3, -0.25) is 4.79 Å². The summed E-state index contributed by atoms with van der Waals surface area (Å²) >= 11 is 0. The normalized spacial score (nSPS) is 11.4. The van der Waals surface area contributed by atoms with E-state index in [1.54, 1.807) is 0 Å². The number of aromatic nitrogens is 1. The van der Waals surface area contributed by atoms with Gasteiger partial charge in [-0.2, -0.15) is 0 Å². The van der Waals surface area contributed by atoms with Crippen molar-refractivity contribution in [1.29, 1.82) is 0 Å². The second-order valence-corrected chi connectivity index (χ2v) is 9.14. The second-order valence-electron chi connectivity index (χ2n) is 9.14. The van der Waals surface area contributed by atoms with Gasteiger partial charge in [0.1, 0.15) is 17.1 Å². The number of carbonyl (C=O) groups is 1. The van der Waals surface area contributed by atoms with E-state index in [1.165, 1.54) is 0 Å². The summed E-state index contributed by atoms with van der Waals surface area (Å²) in [6.45, 7) is 11.1. The first-order valence-electron chi connectivity index (χ1n) is 11.8. The maximum Gasteiger partial charge on any atom is 0.306 e. The SMILES string of the molecule is CCOCc1cc(OCCc2nc(-c3ccccc3)oc2C)ccc1CCC(=O)OC(C)(C)C. The molecule has 0 saturated carbocycles. The smallest absolute Gasteiger partial charge is 0.306 e. The third-order valence-electron chi connectivity index (χ3n) is 5.18. The summed E-state index contributed by atoms with van der Waals surface area (Å²) in [4.78, 5) is 16.8. The minimum Gasteiger partial charge on any atom is -0.493 e. The molecule has 0 aliphatic carbocycles. The highest BCUT2D eigenvalue weighted by atomic mass is 16.6. The van der Waals surface area contributed by atoms with Crippen LogP contribution in [0.3, 0.4) is 0 Å². The summed E-state index contributed by atoms with van der Waals surface area (Å²) < 4.78 is 22.9. The van der Waals surface area contributed by atoms with Crippen LogP contribution in [0.2, 0.25) is 0 Å². The zero-order valence-corrected chi connectivity index (χ0v) is 20.8. The predicted octanol–water partition coefficient (Wildman–Crippen LogP) is 6.08. The molecule has 1 heterocycles. The number of nitrogens with zero attached hydrogens (tertiary/aromatic N) is 1. The maximum absolute atomic E-state index is 12.1. The molecule has 0 spiro atoms. The number of aryl methyl sites for hydroxylation is 2. The Morgan fingerprint density at radius 2 is 1.79 bits per heavy atom. The fraction of sp³-hybridized carbons (Fsp3) is 0.429. The number of hydrogen-bond donors (Lipinski definition) is 0. The molecule has 34 heavy (non-hydrogen) atoms. The van der Waals surface area contributed by atoms with E-state index in [0.717, 1.165) is 33.9 Å². The maximum atomic E-state index is 12.1. The molecule has 0 aliphatic heterocycles. The molecule has 1 aromatic heterocycles. The molecule has 0 N–H and O–H groups in total. The Labute approximate surface area is 202 Å². The van der Waals surface area contributed by atoms with Gasteiger partial charge < -0.3 is 18.6 Å². The first-order valence-corrected chi connectivity index (χ1v) is 11.8. The molecule has 0 radical (unpaired) electrons. The van der Waals surface area contributed by atoms with Gasteiger partial charge in [0.2, 0.25) is 5.89 Å². The van der Waals surface area contributed by atoms with Crippen molar-refractivity contribution < 1.29 is 23.4 Å². The zero-order valence-electron chi connectivity index (χ0n) is 20.8. The minimum atomic E-state index is -0.479.